The molecule has 5 heteroatoms. The molecule has 1 aliphatic heterocycles. The van der Waals surface area contributed by atoms with Crippen molar-refractivity contribution in [3.8, 4) is 5.75 Å². The molecule has 3 aromatic rings. The minimum absolute atomic E-state index is 0.111. The molecule has 1 aromatic heterocycles. The molecule has 0 saturated carbocycles. The van der Waals surface area contributed by atoms with Crippen molar-refractivity contribution < 1.29 is 14.6 Å². The highest BCUT2D eigenvalue weighted by atomic mass is 16.7. The first-order valence-electron chi connectivity index (χ1n) is 12.3. The summed E-state index contributed by atoms with van der Waals surface area (Å²) in [6.45, 7) is 2.02. The third-order valence-electron chi connectivity index (χ3n) is 7.73. The number of hydrogen-bond acceptors (Lipinski definition) is 5. The summed E-state index contributed by atoms with van der Waals surface area (Å²) in [7, 11) is 3.45. The summed E-state index contributed by atoms with van der Waals surface area (Å²) >= 11 is 0. The Morgan fingerprint density at radius 1 is 0.882 bits per heavy atom. The van der Waals surface area contributed by atoms with Crippen LogP contribution in [-0.4, -0.2) is 43.7 Å². The van der Waals surface area contributed by atoms with E-state index in [2.05, 4.69) is 52.3 Å². The number of ether oxygens (including phenoxy) is 2. The maximum absolute atomic E-state index is 10.1. The maximum Gasteiger partial charge on any atom is 0.159 e. The van der Waals surface area contributed by atoms with Gasteiger partial charge in [0.1, 0.15) is 5.75 Å². The van der Waals surface area contributed by atoms with Crippen LogP contribution in [0, 0.1) is 5.92 Å². The summed E-state index contributed by atoms with van der Waals surface area (Å²) in [6, 6.07) is 19.3. The van der Waals surface area contributed by atoms with Gasteiger partial charge < -0.3 is 19.5 Å². The minimum atomic E-state index is -0.111. The number of phenols is 1. The SMILES string of the molecule is COC(OC)C1CCN(c2ccc([C@H]3c4ccc(O)cc4CC[C@H]3c3ccncc3)cc2)CC1. The van der Waals surface area contributed by atoms with Crippen LogP contribution in [0.15, 0.2) is 67.0 Å². The second-order valence-electron chi connectivity index (χ2n) is 9.54. The Hall–Kier alpha value is -2.89. The highest BCUT2D eigenvalue weighted by molar-refractivity contribution is 5.52. The van der Waals surface area contributed by atoms with Gasteiger partial charge in [-0.25, -0.2) is 0 Å². The number of aryl methyl sites for hydroxylation is 1. The van der Waals surface area contributed by atoms with Crippen LogP contribution < -0.4 is 4.90 Å². The molecule has 1 fully saturated rings. The molecule has 0 radical (unpaired) electrons. The molecular weight excluding hydrogens is 424 g/mol. The van der Waals surface area contributed by atoms with Crippen LogP contribution in [0.5, 0.6) is 5.75 Å². The van der Waals surface area contributed by atoms with Crippen molar-refractivity contribution in [2.24, 2.45) is 5.92 Å². The molecule has 2 heterocycles. The van der Waals surface area contributed by atoms with E-state index in [1.165, 1.54) is 27.9 Å². The molecule has 5 rings (SSSR count). The molecule has 1 N–H and O–H groups in total. The number of anilines is 1. The molecule has 1 aliphatic carbocycles. The predicted molar refractivity (Wildman–Crippen MR) is 134 cm³/mol. The Morgan fingerprint density at radius 2 is 1.59 bits per heavy atom. The van der Waals surface area contributed by atoms with Gasteiger partial charge in [0.25, 0.3) is 0 Å². The van der Waals surface area contributed by atoms with Crippen LogP contribution in [0.3, 0.4) is 0 Å². The highest BCUT2D eigenvalue weighted by Crippen LogP contribution is 2.47. The van der Waals surface area contributed by atoms with E-state index in [-0.39, 0.29) is 12.2 Å². The Labute approximate surface area is 202 Å². The van der Waals surface area contributed by atoms with Crippen molar-refractivity contribution in [3.63, 3.8) is 0 Å². The molecule has 0 bridgehead atoms. The van der Waals surface area contributed by atoms with Gasteiger partial charge in [0, 0.05) is 57.2 Å². The predicted octanol–water partition coefficient (Wildman–Crippen LogP) is 5.48. The van der Waals surface area contributed by atoms with E-state index in [0.29, 0.717) is 17.6 Å². The van der Waals surface area contributed by atoms with Gasteiger partial charge in [-0.3, -0.25) is 4.98 Å². The van der Waals surface area contributed by atoms with Gasteiger partial charge in [0.05, 0.1) is 0 Å². The molecule has 2 atom stereocenters. The number of benzene rings is 2. The largest absolute Gasteiger partial charge is 0.508 e. The molecule has 5 nitrogen and oxygen atoms in total. The van der Waals surface area contributed by atoms with E-state index < -0.39 is 0 Å². The zero-order valence-electron chi connectivity index (χ0n) is 20.1. The second kappa shape index (κ2) is 10.2. The zero-order valence-corrected chi connectivity index (χ0v) is 20.1. The van der Waals surface area contributed by atoms with Gasteiger partial charge in [0.2, 0.25) is 0 Å². The highest BCUT2D eigenvalue weighted by Gasteiger charge is 2.32. The summed E-state index contributed by atoms with van der Waals surface area (Å²) in [5, 5.41) is 10.1. The average Bonchev–Trinajstić information content (AvgIpc) is 2.90. The normalized spacial score (nSPS) is 21.0. The van der Waals surface area contributed by atoms with E-state index in [4.69, 9.17) is 9.47 Å². The fourth-order valence-electron chi connectivity index (χ4n) is 5.99. The molecule has 2 aliphatic rings. The fraction of sp³-hybridized carbons (Fsp3) is 0.414. The molecule has 2 aromatic carbocycles. The van der Waals surface area contributed by atoms with Gasteiger partial charge in [-0.05, 0) is 90.3 Å². The summed E-state index contributed by atoms with van der Waals surface area (Å²) in [4.78, 5) is 6.70. The molecule has 0 amide bonds. The van der Waals surface area contributed by atoms with Gasteiger partial charge in [-0.2, -0.15) is 0 Å². The number of piperidine rings is 1. The van der Waals surface area contributed by atoms with Crippen LogP contribution >= 0.6 is 0 Å². The third kappa shape index (κ3) is 4.55. The Balaban J connectivity index is 1.40. The van der Waals surface area contributed by atoms with Crippen molar-refractivity contribution in [2.75, 3.05) is 32.2 Å². The summed E-state index contributed by atoms with van der Waals surface area (Å²) in [5.41, 5.74) is 6.51. The summed E-state index contributed by atoms with van der Waals surface area (Å²) < 4.78 is 11.0. The van der Waals surface area contributed by atoms with Crippen molar-refractivity contribution in [3.05, 3.63) is 89.2 Å². The lowest BCUT2D eigenvalue weighted by Gasteiger charge is -2.37. The summed E-state index contributed by atoms with van der Waals surface area (Å²) in [6.07, 6.45) is 7.84. The standard InChI is InChI=1S/C29H34N2O3/c1-33-29(34-2)22-13-17-31(18-14-22)24-6-3-21(4-7-24)28-26(20-11-15-30-16-12-20)9-5-23-19-25(32)8-10-27(23)28/h3-4,6-8,10-12,15-16,19,22,26,28-29,32H,5,9,13-14,17-18H2,1-2H3/t26-,28+/m0/s1. The number of phenolic OH excluding ortho intramolecular Hbond substituents is 1. The van der Waals surface area contributed by atoms with Crippen LogP contribution in [-0.2, 0) is 15.9 Å². The third-order valence-corrected chi connectivity index (χ3v) is 7.73. The number of fused-ring (bicyclic) bond motifs is 1. The lowest BCUT2D eigenvalue weighted by molar-refractivity contribution is -0.141. The molecule has 178 valence electrons. The minimum Gasteiger partial charge on any atom is -0.508 e. The van der Waals surface area contributed by atoms with Crippen LogP contribution in [0.4, 0.5) is 5.69 Å². The van der Waals surface area contributed by atoms with E-state index in [1.54, 1.807) is 14.2 Å². The Bertz CT molecular complexity index is 1070. The Morgan fingerprint density at radius 3 is 2.26 bits per heavy atom. The van der Waals surface area contributed by atoms with Crippen molar-refractivity contribution in [1.82, 2.24) is 4.98 Å². The van der Waals surface area contributed by atoms with Crippen LogP contribution in [0.2, 0.25) is 0 Å². The van der Waals surface area contributed by atoms with Crippen molar-refractivity contribution >= 4 is 5.69 Å². The zero-order chi connectivity index (χ0) is 23.5. The molecule has 34 heavy (non-hydrogen) atoms. The number of rotatable bonds is 6. The first kappa shape index (κ1) is 22.9. The second-order valence-corrected chi connectivity index (χ2v) is 9.54. The molecular formula is C29H34N2O3. The lowest BCUT2D eigenvalue weighted by atomic mass is 9.69. The van der Waals surface area contributed by atoms with Gasteiger partial charge in [-0.1, -0.05) is 18.2 Å². The van der Waals surface area contributed by atoms with E-state index >= 15 is 0 Å². The number of nitrogens with zero attached hydrogens (tertiary/aromatic N) is 2. The maximum atomic E-state index is 10.1. The lowest BCUT2D eigenvalue weighted by Crippen LogP contribution is -2.39. The quantitative estimate of drug-likeness (QED) is 0.496. The number of aromatic nitrogens is 1. The van der Waals surface area contributed by atoms with Crippen LogP contribution in [0.25, 0.3) is 0 Å². The first-order valence-corrected chi connectivity index (χ1v) is 12.3. The number of hydrogen-bond donors (Lipinski definition) is 1. The van der Waals surface area contributed by atoms with Gasteiger partial charge >= 0.3 is 0 Å². The summed E-state index contributed by atoms with van der Waals surface area (Å²) in [5.74, 6) is 1.45. The topological polar surface area (TPSA) is 54.8 Å². The van der Waals surface area contributed by atoms with Crippen LogP contribution in [0.1, 0.15) is 53.4 Å². The molecule has 0 spiro atoms. The molecule has 0 unspecified atom stereocenters. The average molecular weight is 459 g/mol. The van der Waals surface area contributed by atoms with Gasteiger partial charge in [0.15, 0.2) is 6.29 Å². The number of aromatic hydroxyl groups is 1. The number of methoxy groups -OCH3 is 2. The fourth-order valence-corrected chi connectivity index (χ4v) is 5.99. The van der Waals surface area contributed by atoms with E-state index in [9.17, 15) is 5.11 Å². The molecule has 1 saturated heterocycles. The Kier molecular flexibility index (Phi) is 6.84. The number of pyridine rings is 1. The van der Waals surface area contributed by atoms with Gasteiger partial charge in [-0.15, -0.1) is 0 Å². The smallest absolute Gasteiger partial charge is 0.159 e. The van der Waals surface area contributed by atoms with E-state index in [1.807, 2.05) is 24.5 Å². The first-order chi connectivity index (χ1) is 16.7. The monoisotopic (exact) mass is 458 g/mol. The van der Waals surface area contributed by atoms with Crippen molar-refractivity contribution in [2.45, 2.75) is 43.8 Å². The van der Waals surface area contributed by atoms with Crippen molar-refractivity contribution in [1.29, 1.82) is 0 Å². The van der Waals surface area contributed by atoms with E-state index in [0.717, 1.165) is 38.8 Å².